The van der Waals surface area contributed by atoms with Crippen molar-refractivity contribution in [3.05, 3.63) is 94.4 Å². The molecular weight excluding hydrogens is 328 g/mol. The van der Waals surface area contributed by atoms with E-state index in [-0.39, 0.29) is 17.9 Å². The highest BCUT2D eigenvalue weighted by Crippen LogP contribution is 2.18. The molecule has 1 heterocycles. The van der Waals surface area contributed by atoms with Gasteiger partial charge in [-0.25, -0.2) is 4.98 Å². The third kappa shape index (κ3) is 4.80. The Morgan fingerprint density at radius 1 is 1.35 bits per heavy atom. The van der Waals surface area contributed by atoms with Gasteiger partial charge < -0.3 is 9.84 Å². The molecule has 5 heteroatoms. The quantitative estimate of drug-likeness (QED) is 0.582. The lowest BCUT2D eigenvalue weighted by Gasteiger charge is -2.15. The maximum absolute atomic E-state index is 12.7. The Labute approximate surface area is 153 Å². The minimum absolute atomic E-state index is 0.0115. The summed E-state index contributed by atoms with van der Waals surface area (Å²) in [5.74, 6) is 0.392. The van der Waals surface area contributed by atoms with E-state index in [1.165, 1.54) is 12.1 Å². The first-order valence-corrected chi connectivity index (χ1v) is 8.43. The lowest BCUT2D eigenvalue weighted by atomic mass is 10.1. The van der Waals surface area contributed by atoms with Crippen molar-refractivity contribution in [3.63, 3.8) is 0 Å². The zero-order valence-electron chi connectivity index (χ0n) is 15.2. The molecule has 0 aliphatic heterocycles. The molecule has 0 saturated heterocycles. The first-order chi connectivity index (χ1) is 12.6. The van der Waals surface area contributed by atoms with Crippen molar-refractivity contribution >= 4 is 5.57 Å². The summed E-state index contributed by atoms with van der Waals surface area (Å²) in [6.07, 6.45) is 5.44. The predicted octanol–water partition coefficient (Wildman–Crippen LogP) is 3.66. The zero-order valence-corrected chi connectivity index (χ0v) is 15.2. The topological polar surface area (TPSA) is 64.4 Å². The van der Waals surface area contributed by atoms with Crippen molar-refractivity contribution in [2.24, 2.45) is 0 Å². The number of rotatable bonds is 8. The molecule has 0 unspecified atom stereocenters. The van der Waals surface area contributed by atoms with Gasteiger partial charge in [-0.05, 0) is 25.0 Å². The molecule has 1 aromatic heterocycles. The molecule has 0 amide bonds. The summed E-state index contributed by atoms with van der Waals surface area (Å²) in [4.78, 5) is 17.2. The summed E-state index contributed by atoms with van der Waals surface area (Å²) in [6.45, 7) is 6.23. The Balaban J connectivity index is 2.53. The Morgan fingerprint density at radius 2 is 2.08 bits per heavy atom. The van der Waals surface area contributed by atoms with Gasteiger partial charge in [0, 0.05) is 19.7 Å². The molecule has 26 heavy (non-hydrogen) atoms. The van der Waals surface area contributed by atoms with Crippen LogP contribution in [0.4, 0.5) is 0 Å². The largest absolute Gasteiger partial charge is 0.507 e. The number of aryl methyl sites for hydroxylation is 1. The van der Waals surface area contributed by atoms with Crippen LogP contribution in [-0.4, -0.2) is 21.8 Å². The van der Waals surface area contributed by atoms with Gasteiger partial charge in [-0.3, -0.25) is 9.36 Å². The third-order valence-electron chi connectivity index (χ3n) is 3.87. The summed E-state index contributed by atoms with van der Waals surface area (Å²) in [5, 5.41) is 10.3. The highest BCUT2D eigenvalue weighted by Gasteiger charge is 2.14. The maximum atomic E-state index is 12.7. The number of aromatic nitrogens is 2. The van der Waals surface area contributed by atoms with Crippen LogP contribution < -0.4 is 5.56 Å². The molecule has 0 atom stereocenters. The second kappa shape index (κ2) is 9.53. The summed E-state index contributed by atoms with van der Waals surface area (Å²) < 4.78 is 6.66. The third-order valence-corrected chi connectivity index (χ3v) is 3.87. The Bertz CT molecular complexity index is 865. The molecule has 0 spiro atoms. The monoisotopic (exact) mass is 352 g/mol. The fraction of sp³-hybridized carbons (Fsp3) is 0.238. The number of hydrogen-bond acceptors (Lipinski definition) is 4. The number of hydrogen-bond donors (Lipinski definition) is 1. The molecule has 0 aliphatic carbocycles. The second-order valence-electron chi connectivity index (χ2n) is 5.73. The van der Waals surface area contributed by atoms with Crippen molar-refractivity contribution < 1.29 is 9.84 Å². The number of benzene rings is 1. The number of allylic oxidation sites excluding steroid dienone is 4. The van der Waals surface area contributed by atoms with Crippen LogP contribution >= 0.6 is 0 Å². The van der Waals surface area contributed by atoms with Gasteiger partial charge in [0.15, 0.2) is 0 Å². The molecule has 5 nitrogen and oxygen atoms in total. The lowest BCUT2D eigenvalue weighted by molar-refractivity contribution is 0.181. The average molecular weight is 352 g/mol. The van der Waals surface area contributed by atoms with Crippen LogP contribution in [0.5, 0.6) is 0 Å². The van der Waals surface area contributed by atoms with Crippen LogP contribution in [0.25, 0.3) is 5.57 Å². The number of nitrogens with zero attached hydrogens (tertiary/aromatic N) is 2. The van der Waals surface area contributed by atoms with Gasteiger partial charge in [-0.15, -0.1) is 0 Å². The number of methoxy groups -OCH3 is 1. The van der Waals surface area contributed by atoms with E-state index >= 15 is 0 Å². The minimum Gasteiger partial charge on any atom is -0.507 e. The number of ether oxygens (including phenoxy) is 1. The first kappa shape index (κ1) is 19.4. The summed E-state index contributed by atoms with van der Waals surface area (Å²) >= 11 is 0. The van der Waals surface area contributed by atoms with Crippen LogP contribution in [0.2, 0.25) is 0 Å². The fourth-order valence-electron chi connectivity index (χ4n) is 2.64. The van der Waals surface area contributed by atoms with E-state index in [2.05, 4.69) is 11.6 Å². The number of aliphatic hydroxyl groups is 1. The van der Waals surface area contributed by atoms with E-state index in [1.807, 2.05) is 30.3 Å². The van der Waals surface area contributed by atoms with Crippen molar-refractivity contribution in [2.45, 2.75) is 26.5 Å². The van der Waals surface area contributed by atoms with E-state index in [0.717, 1.165) is 5.56 Å². The molecular formula is C21H24N2O3. The molecule has 2 rings (SSSR count). The molecule has 0 saturated carbocycles. The molecule has 0 aliphatic rings. The van der Waals surface area contributed by atoms with Gasteiger partial charge in [-0.1, -0.05) is 49.1 Å². The summed E-state index contributed by atoms with van der Waals surface area (Å²) in [7, 11) is 1.55. The normalized spacial score (nSPS) is 12.2. The molecule has 136 valence electrons. The van der Waals surface area contributed by atoms with Crippen molar-refractivity contribution in [2.75, 3.05) is 7.11 Å². The van der Waals surface area contributed by atoms with Gasteiger partial charge in [-0.2, -0.15) is 0 Å². The van der Waals surface area contributed by atoms with Crippen LogP contribution in [0, 0.1) is 0 Å². The standard InChI is InChI=1S/C21H24N2O3/c1-4-9-19(24)18(5-2)21-22-17(15-26-3)14-20(25)23(21)13-12-16-10-7-6-8-11-16/h4-11,14,24H,2,12-13,15H2,1,3H3/b9-4-,19-18-. The van der Waals surface area contributed by atoms with Gasteiger partial charge in [0.25, 0.3) is 5.56 Å². The van der Waals surface area contributed by atoms with E-state index in [1.54, 1.807) is 30.8 Å². The zero-order chi connectivity index (χ0) is 18.9. The van der Waals surface area contributed by atoms with E-state index < -0.39 is 0 Å². The molecule has 2 aromatic rings. The van der Waals surface area contributed by atoms with Crippen LogP contribution in [0.15, 0.2) is 71.8 Å². The van der Waals surface area contributed by atoms with Crippen LogP contribution in [-0.2, 0) is 24.3 Å². The first-order valence-electron chi connectivity index (χ1n) is 8.43. The highest BCUT2D eigenvalue weighted by atomic mass is 16.5. The summed E-state index contributed by atoms with van der Waals surface area (Å²) in [5.41, 5.74) is 1.85. The van der Waals surface area contributed by atoms with Crippen molar-refractivity contribution in [1.82, 2.24) is 9.55 Å². The molecule has 0 fully saturated rings. The number of aliphatic hydroxyl groups excluding tert-OH is 1. The van der Waals surface area contributed by atoms with Gasteiger partial charge in [0.2, 0.25) is 0 Å². The smallest absolute Gasteiger partial charge is 0.254 e. The molecule has 0 bridgehead atoms. The Kier molecular flexibility index (Phi) is 7.12. The molecule has 0 radical (unpaired) electrons. The Hall–Kier alpha value is -2.92. The van der Waals surface area contributed by atoms with Gasteiger partial charge >= 0.3 is 0 Å². The van der Waals surface area contributed by atoms with Crippen molar-refractivity contribution in [3.8, 4) is 0 Å². The van der Waals surface area contributed by atoms with Gasteiger partial charge in [0.05, 0.1) is 17.9 Å². The van der Waals surface area contributed by atoms with Crippen molar-refractivity contribution in [1.29, 1.82) is 0 Å². The highest BCUT2D eigenvalue weighted by molar-refractivity contribution is 5.72. The second-order valence-corrected chi connectivity index (χ2v) is 5.73. The van der Waals surface area contributed by atoms with E-state index in [9.17, 15) is 9.90 Å². The Morgan fingerprint density at radius 3 is 2.69 bits per heavy atom. The SMILES string of the molecule is C=C/C(=C(O)\C=C/C)c1nc(COC)cc(=O)n1CCc1ccccc1. The van der Waals surface area contributed by atoms with Gasteiger partial charge in [0.1, 0.15) is 11.6 Å². The van der Waals surface area contributed by atoms with Crippen LogP contribution in [0.3, 0.4) is 0 Å². The average Bonchev–Trinajstić information content (AvgIpc) is 2.63. The van der Waals surface area contributed by atoms with E-state index in [0.29, 0.717) is 30.1 Å². The fourth-order valence-corrected chi connectivity index (χ4v) is 2.64. The van der Waals surface area contributed by atoms with E-state index in [4.69, 9.17) is 4.74 Å². The minimum atomic E-state index is -0.189. The van der Waals surface area contributed by atoms with Crippen LogP contribution in [0.1, 0.15) is 24.0 Å². The maximum Gasteiger partial charge on any atom is 0.254 e. The summed E-state index contributed by atoms with van der Waals surface area (Å²) in [6, 6.07) is 11.4. The lowest BCUT2D eigenvalue weighted by Crippen LogP contribution is -2.26. The molecule has 1 aromatic carbocycles. The molecule has 1 N–H and O–H groups in total. The predicted molar refractivity (Wildman–Crippen MR) is 104 cm³/mol.